The summed E-state index contributed by atoms with van der Waals surface area (Å²) in [5.74, 6) is 0.547. The van der Waals surface area contributed by atoms with Crippen LogP contribution in [0.25, 0.3) is 42.3 Å². The quantitative estimate of drug-likeness (QED) is 0.0693. The van der Waals surface area contributed by atoms with Crippen LogP contribution in [0.4, 0.5) is 0 Å². The molecule has 0 saturated carbocycles. The Kier molecular flexibility index (Phi) is 14.2. The van der Waals surface area contributed by atoms with Crippen LogP contribution in [0.1, 0.15) is 106 Å². The van der Waals surface area contributed by atoms with Crippen LogP contribution in [-0.4, -0.2) is 28.9 Å². The molecule has 51 heavy (non-hydrogen) atoms. The van der Waals surface area contributed by atoms with E-state index in [9.17, 15) is 9.90 Å². The van der Waals surface area contributed by atoms with Gasteiger partial charge in [0.2, 0.25) is 0 Å². The van der Waals surface area contributed by atoms with Gasteiger partial charge in [0.05, 0.1) is 19.3 Å². The van der Waals surface area contributed by atoms with Crippen LogP contribution in [0, 0.1) is 17.9 Å². The average molecular weight is 900 g/mol. The summed E-state index contributed by atoms with van der Waals surface area (Å²) < 4.78 is 2.41. The van der Waals surface area contributed by atoms with Gasteiger partial charge in [-0.05, 0) is 48.1 Å². The molecule has 0 aliphatic rings. The Morgan fingerprint density at radius 3 is 2.00 bits per heavy atom. The Bertz CT molecular complexity index is 2000. The van der Waals surface area contributed by atoms with Gasteiger partial charge < -0.3 is 5.11 Å². The summed E-state index contributed by atoms with van der Waals surface area (Å²) in [5, 5.41) is 14.9. The summed E-state index contributed by atoms with van der Waals surface area (Å²) in [6, 6.07) is 19.9. The molecule has 0 unspecified atom stereocenters. The van der Waals surface area contributed by atoms with E-state index in [4.69, 9.17) is 9.97 Å². The number of ketones is 1. The molecule has 4 nitrogen and oxygen atoms in total. The molecule has 2 aromatic heterocycles. The van der Waals surface area contributed by atoms with Crippen LogP contribution < -0.4 is 5.19 Å². The van der Waals surface area contributed by atoms with E-state index in [0.717, 1.165) is 47.2 Å². The second-order valence-electron chi connectivity index (χ2n) is 16.8. The summed E-state index contributed by atoms with van der Waals surface area (Å²) in [5.41, 5.74) is 5.89. The van der Waals surface area contributed by atoms with Crippen molar-refractivity contribution < 1.29 is 30.0 Å². The molecule has 7 heteroatoms. The number of aromatic nitrogens is 2. The molecule has 3 aromatic carbocycles. The van der Waals surface area contributed by atoms with Crippen molar-refractivity contribution in [2.75, 3.05) is 0 Å². The number of benzene rings is 3. The van der Waals surface area contributed by atoms with E-state index in [1.165, 1.54) is 43.2 Å². The monoisotopic (exact) mass is 900 g/mol. The van der Waals surface area contributed by atoms with Crippen molar-refractivity contribution in [3.8, 4) is 11.3 Å². The fourth-order valence-electron chi connectivity index (χ4n) is 6.51. The molecule has 0 atom stereocenters. The summed E-state index contributed by atoms with van der Waals surface area (Å²) in [6.45, 7) is 28.9. The van der Waals surface area contributed by atoms with Gasteiger partial charge in [-0.2, -0.15) is 0 Å². The SMILES string of the molecule is CC(C)(C)c1ccc2c(c1)sc1c(-c3[c-]c4cc([Si](C)(C)C)ccc4c(C(C)(C)C)c3)ncnc12.CCC(CC)C(=O)/C=C(\O)C(CC)CC.[Ir]. The molecule has 0 saturated heterocycles. The fourth-order valence-corrected chi connectivity index (χ4v) is 8.87. The smallest absolute Gasteiger partial charge is 0.162 e. The summed E-state index contributed by atoms with van der Waals surface area (Å²) >= 11 is 1.80. The van der Waals surface area contributed by atoms with Gasteiger partial charge in [0.15, 0.2) is 5.78 Å². The van der Waals surface area contributed by atoms with Gasteiger partial charge in [-0.1, -0.05) is 129 Å². The molecule has 1 N–H and O–H groups in total. The van der Waals surface area contributed by atoms with Gasteiger partial charge in [-0.25, -0.2) is 4.98 Å². The van der Waals surface area contributed by atoms with Gasteiger partial charge in [-0.15, -0.1) is 40.5 Å². The van der Waals surface area contributed by atoms with Gasteiger partial charge in [0.25, 0.3) is 0 Å². The maximum atomic E-state index is 11.7. The molecule has 0 spiro atoms. The molecule has 0 aliphatic carbocycles. The normalized spacial score (nSPS) is 12.8. The Morgan fingerprint density at radius 2 is 1.45 bits per heavy atom. The van der Waals surface area contributed by atoms with Crippen molar-refractivity contribution in [2.45, 2.75) is 125 Å². The number of hydrogen-bond donors (Lipinski definition) is 1. The Balaban J connectivity index is 0.000000374. The number of nitrogens with zero attached hydrogens (tertiary/aromatic N) is 2. The first kappa shape index (κ1) is 42.7. The number of hydrogen-bond acceptors (Lipinski definition) is 5. The van der Waals surface area contributed by atoms with Crippen molar-refractivity contribution in [3.63, 3.8) is 0 Å². The first-order valence-electron chi connectivity index (χ1n) is 18.5. The van der Waals surface area contributed by atoms with E-state index >= 15 is 0 Å². The number of carbonyl (C=O) groups is 1. The molecule has 2 heterocycles. The predicted molar refractivity (Wildman–Crippen MR) is 221 cm³/mol. The van der Waals surface area contributed by atoms with E-state index in [1.807, 2.05) is 27.7 Å². The van der Waals surface area contributed by atoms with Crippen molar-refractivity contribution in [2.24, 2.45) is 11.8 Å². The minimum Gasteiger partial charge on any atom is -0.512 e. The van der Waals surface area contributed by atoms with E-state index in [0.29, 0.717) is 0 Å². The Morgan fingerprint density at radius 1 is 0.843 bits per heavy atom. The third-order valence-corrected chi connectivity index (χ3v) is 13.2. The number of aliphatic hydroxyl groups is 1. The minimum atomic E-state index is -1.44. The van der Waals surface area contributed by atoms with Crippen molar-refractivity contribution in [1.29, 1.82) is 0 Å². The zero-order chi connectivity index (χ0) is 37.2. The van der Waals surface area contributed by atoms with Crippen LogP contribution in [0.5, 0.6) is 0 Å². The number of carbonyl (C=O) groups excluding carboxylic acids is 1. The molecule has 0 fully saturated rings. The molecule has 277 valence electrons. The van der Waals surface area contributed by atoms with Crippen LogP contribution >= 0.6 is 11.3 Å². The molecule has 5 aromatic rings. The zero-order valence-electron chi connectivity index (χ0n) is 33.2. The van der Waals surface area contributed by atoms with E-state index in [2.05, 4.69) is 110 Å². The second kappa shape index (κ2) is 17.0. The minimum absolute atomic E-state index is 0. The Hall–Kier alpha value is -2.70. The molecular weight excluding hydrogens is 841 g/mol. The first-order chi connectivity index (χ1) is 23.3. The van der Waals surface area contributed by atoms with Gasteiger partial charge in [0, 0.05) is 58.5 Å². The van der Waals surface area contributed by atoms with E-state index < -0.39 is 8.07 Å². The molecule has 0 bridgehead atoms. The third kappa shape index (κ3) is 9.84. The molecule has 1 radical (unpaired) electrons. The standard InChI is InChI=1S/C31H35N2SSi.C13H24O2.Ir/c1-30(2,3)21-10-12-24-26(17-21)34-29-27(32-18-33-28(24)29)20-14-19-15-22(35(7,8)9)11-13-23(19)25(16-20)31(4,5)6;1-5-10(6-2)12(14)9-13(15)11(7-3)8-4;/h10-13,15-18H,1-9H3;9-11,14H,5-8H2,1-4H3;/q-1;;/b;12-9-;. The number of rotatable bonds is 9. The van der Waals surface area contributed by atoms with Gasteiger partial charge >= 0.3 is 0 Å². The predicted octanol–water partition coefficient (Wildman–Crippen LogP) is 12.5. The third-order valence-electron chi connectivity index (χ3n) is 10.00. The van der Waals surface area contributed by atoms with Crippen LogP contribution in [0.15, 0.2) is 60.6 Å². The molecule has 5 rings (SSSR count). The number of thiophene rings is 1. The zero-order valence-corrected chi connectivity index (χ0v) is 37.4. The Labute approximate surface area is 326 Å². The van der Waals surface area contributed by atoms with Crippen molar-refractivity contribution in [3.05, 3.63) is 77.8 Å². The van der Waals surface area contributed by atoms with Crippen molar-refractivity contribution in [1.82, 2.24) is 9.97 Å². The average Bonchev–Trinajstić information content (AvgIpc) is 3.42. The maximum absolute atomic E-state index is 11.7. The van der Waals surface area contributed by atoms with E-state index in [-0.39, 0.29) is 54.3 Å². The van der Waals surface area contributed by atoms with Crippen LogP contribution in [-0.2, 0) is 35.7 Å². The summed E-state index contributed by atoms with van der Waals surface area (Å²) in [4.78, 5) is 21.3. The van der Waals surface area contributed by atoms with E-state index in [1.54, 1.807) is 17.7 Å². The molecule has 0 aliphatic heterocycles. The second-order valence-corrected chi connectivity index (χ2v) is 22.9. The topological polar surface area (TPSA) is 63.1 Å². The van der Waals surface area contributed by atoms with Crippen molar-refractivity contribution >= 4 is 61.5 Å². The largest absolute Gasteiger partial charge is 0.512 e. The van der Waals surface area contributed by atoms with Gasteiger partial charge in [-0.3, -0.25) is 9.78 Å². The number of aliphatic hydroxyl groups excluding tert-OH is 1. The van der Waals surface area contributed by atoms with Crippen LogP contribution in [0.3, 0.4) is 0 Å². The maximum Gasteiger partial charge on any atom is 0.162 e. The molecule has 0 amide bonds. The number of allylic oxidation sites excluding steroid dienone is 2. The number of fused-ring (bicyclic) bond motifs is 4. The molecular formula is C44H59IrN2O2SSi-. The fraction of sp³-hybridized carbons (Fsp3) is 0.477. The van der Waals surface area contributed by atoms with Crippen LogP contribution in [0.2, 0.25) is 19.6 Å². The first-order valence-corrected chi connectivity index (χ1v) is 22.8. The summed E-state index contributed by atoms with van der Waals surface area (Å²) in [7, 11) is -1.44. The summed E-state index contributed by atoms with van der Waals surface area (Å²) in [6.07, 6.45) is 6.62. The van der Waals surface area contributed by atoms with Gasteiger partial charge in [0.1, 0.15) is 6.33 Å².